The van der Waals surface area contributed by atoms with Gasteiger partial charge in [0.05, 0.1) is 0 Å². The largest absolute Gasteiger partial charge is 0.307 e. The van der Waals surface area contributed by atoms with Gasteiger partial charge >= 0.3 is 0 Å². The molecule has 8 heteroatoms. The number of carbonyl (C=O) groups is 1. The van der Waals surface area contributed by atoms with E-state index in [1.165, 1.54) is 30.3 Å². The lowest BCUT2D eigenvalue weighted by atomic mass is 10.1. The molecule has 30 heavy (non-hydrogen) atoms. The first kappa shape index (κ1) is 19.2. The van der Waals surface area contributed by atoms with Crippen LogP contribution in [0.5, 0.6) is 0 Å². The van der Waals surface area contributed by atoms with E-state index < -0.39 is 0 Å². The topological polar surface area (TPSA) is 96.5 Å². The molecule has 0 amide bonds. The maximum absolute atomic E-state index is 11.6. The minimum Gasteiger partial charge on any atom is -0.307 e. The van der Waals surface area contributed by atoms with Crippen LogP contribution in [0.1, 0.15) is 67.9 Å². The third kappa shape index (κ3) is 4.70. The van der Waals surface area contributed by atoms with Crippen molar-refractivity contribution in [3.63, 3.8) is 0 Å². The predicted octanol–water partition coefficient (Wildman–Crippen LogP) is 4.77. The summed E-state index contributed by atoms with van der Waals surface area (Å²) in [5.41, 5.74) is 2.21. The van der Waals surface area contributed by atoms with E-state index >= 15 is 0 Å². The van der Waals surface area contributed by atoms with Gasteiger partial charge in [-0.15, -0.1) is 0 Å². The lowest BCUT2D eigenvalue weighted by molar-refractivity contribution is -0.118. The van der Waals surface area contributed by atoms with Gasteiger partial charge in [0.25, 0.3) is 0 Å². The zero-order valence-electron chi connectivity index (χ0n) is 16.9. The van der Waals surface area contributed by atoms with Crippen molar-refractivity contribution in [1.29, 1.82) is 0 Å². The van der Waals surface area contributed by atoms with Gasteiger partial charge in [0.1, 0.15) is 11.6 Å². The number of carbonyl (C=O) groups excluding carboxylic acids is 1. The number of benzene rings is 1. The van der Waals surface area contributed by atoms with Crippen LogP contribution >= 0.6 is 11.8 Å². The van der Waals surface area contributed by atoms with Crippen molar-refractivity contribution in [2.75, 3.05) is 5.32 Å². The van der Waals surface area contributed by atoms with E-state index in [9.17, 15) is 4.79 Å². The normalized spacial score (nSPS) is 15.9. The third-order valence-corrected chi connectivity index (χ3v) is 6.23. The highest BCUT2D eigenvalue weighted by molar-refractivity contribution is 7.99. The van der Waals surface area contributed by atoms with Crippen LogP contribution in [0.4, 0.5) is 11.8 Å². The van der Waals surface area contributed by atoms with Gasteiger partial charge in [0.15, 0.2) is 11.0 Å². The first-order valence-electron chi connectivity index (χ1n) is 10.5. The average molecular weight is 421 g/mol. The Bertz CT molecular complexity index is 1060. The summed E-state index contributed by atoms with van der Waals surface area (Å²) in [5.74, 6) is 3.42. The van der Waals surface area contributed by atoms with Crippen LogP contribution in [0.15, 0.2) is 40.4 Å². The molecule has 0 atom stereocenters. The number of Topliss-reactive ketones (excluding diaryl/α,β-unsaturated/α-hetero) is 1. The minimum atomic E-state index is 0.251. The van der Waals surface area contributed by atoms with Crippen molar-refractivity contribution in [2.45, 2.75) is 67.3 Å². The lowest BCUT2D eigenvalue weighted by Gasteiger charge is -2.07. The van der Waals surface area contributed by atoms with Crippen molar-refractivity contribution in [3.8, 4) is 0 Å². The molecule has 0 aliphatic heterocycles. The Morgan fingerprint density at radius 1 is 1.10 bits per heavy atom. The number of nitrogens with one attached hydrogen (secondary N) is 2. The lowest BCUT2D eigenvalue weighted by Crippen LogP contribution is -2.04. The highest BCUT2D eigenvalue weighted by Gasteiger charge is 2.28. The van der Waals surface area contributed by atoms with E-state index in [2.05, 4.69) is 30.5 Å². The molecule has 7 nitrogen and oxygen atoms in total. The monoisotopic (exact) mass is 420 g/mol. The number of rotatable bonds is 9. The van der Waals surface area contributed by atoms with Crippen LogP contribution < -0.4 is 5.32 Å². The highest BCUT2D eigenvalue weighted by Crippen LogP contribution is 2.40. The summed E-state index contributed by atoms with van der Waals surface area (Å²) in [7, 11) is 0. The molecule has 0 radical (unpaired) electrons. The van der Waals surface area contributed by atoms with Gasteiger partial charge in [-0.3, -0.25) is 9.89 Å². The second kappa shape index (κ2) is 8.18. The summed E-state index contributed by atoms with van der Waals surface area (Å²) in [6, 6.07) is 10.1. The van der Waals surface area contributed by atoms with Gasteiger partial charge in [-0.2, -0.15) is 15.1 Å². The van der Waals surface area contributed by atoms with Crippen molar-refractivity contribution >= 4 is 29.3 Å². The molecule has 0 spiro atoms. The summed E-state index contributed by atoms with van der Waals surface area (Å²) in [4.78, 5) is 26.6. The first-order valence-corrected chi connectivity index (χ1v) is 11.3. The average Bonchev–Trinajstić information content (AvgIpc) is 3.68. The number of anilines is 2. The van der Waals surface area contributed by atoms with Crippen LogP contribution in [0.2, 0.25) is 0 Å². The molecule has 0 saturated heterocycles. The number of aromatic amines is 1. The number of hydrogen-bond acceptors (Lipinski definition) is 7. The van der Waals surface area contributed by atoms with Crippen molar-refractivity contribution in [1.82, 2.24) is 25.1 Å². The molecule has 0 bridgehead atoms. The van der Waals surface area contributed by atoms with Crippen LogP contribution in [-0.4, -0.2) is 30.9 Å². The maximum atomic E-state index is 11.6. The molecule has 0 unspecified atom stereocenters. The maximum Gasteiger partial charge on any atom is 0.232 e. The molecule has 2 fully saturated rings. The molecule has 2 aliphatic rings. The Morgan fingerprint density at radius 2 is 1.87 bits per heavy atom. The second-order valence-electron chi connectivity index (χ2n) is 8.00. The standard InChI is InChI=1S/C22H24N6OS/c1-2-16(29)11-13-3-9-17(10-4-13)30-22-25-20(15-7-8-15)24-21(26-22)23-19-12-18(27-28-19)14-5-6-14/h3-4,9-10,12,14-15H,2,5-8,11H2,1H3,(H2,23,24,25,26,27,28). The van der Waals surface area contributed by atoms with E-state index in [1.807, 2.05) is 37.3 Å². The summed E-state index contributed by atoms with van der Waals surface area (Å²) in [5, 5.41) is 11.4. The van der Waals surface area contributed by atoms with Crippen LogP contribution in [0, 0.1) is 0 Å². The molecular weight excluding hydrogens is 396 g/mol. The fraction of sp³-hybridized carbons (Fsp3) is 0.409. The van der Waals surface area contributed by atoms with Gasteiger partial charge in [-0.25, -0.2) is 4.98 Å². The van der Waals surface area contributed by atoms with Gasteiger partial charge in [0, 0.05) is 41.3 Å². The SMILES string of the molecule is CCC(=O)Cc1ccc(Sc2nc(Nc3cc(C4CC4)[nH]n3)nc(C3CC3)n2)cc1. The van der Waals surface area contributed by atoms with E-state index in [-0.39, 0.29) is 5.78 Å². The van der Waals surface area contributed by atoms with E-state index in [4.69, 9.17) is 0 Å². The highest BCUT2D eigenvalue weighted by atomic mass is 32.2. The van der Waals surface area contributed by atoms with Crippen molar-refractivity contribution < 1.29 is 4.79 Å². The van der Waals surface area contributed by atoms with Crippen LogP contribution in [0.3, 0.4) is 0 Å². The Kier molecular flexibility index (Phi) is 5.25. The smallest absolute Gasteiger partial charge is 0.232 e. The number of nitrogens with zero attached hydrogens (tertiary/aromatic N) is 4. The van der Waals surface area contributed by atoms with E-state index in [0.29, 0.717) is 35.8 Å². The van der Waals surface area contributed by atoms with Crippen LogP contribution in [-0.2, 0) is 11.2 Å². The van der Waals surface area contributed by atoms with Gasteiger partial charge in [-0.05, 0) is 55.1 Å². The van der Waals surface area contributed by atoms with Crippen molar-refractivity contribution in [2.24, 2.45) is 0 Å². The molecule has 3 aromatic rings. The summed E-state index contributed by atoms with van der Waals surface area (Å²) in [6.07, 6.45) is 5.76. The van der Waals surface area contributed by atoms with E-state index in [1.54, 1.807) is 0 Å². The molecular formula is C22H24N6OS. The molecule has 2 saturated carbocycles. The molecule has 154 valence electrons. The Balaban J connectivity index is 1.33. The molecule has 1 aromatic carbocycles. The molecule has 2 aliphatic carbocycles. The zero-order chi connectivity index (χ0) is 20.5. The second-order valence-corrected chi connectivity index (χ2v) is 9.04. The molecule has 2 aromatic heterocycles. The van der Waals surface area contributed by atoms with E-state index in [0.717, 1.165) is 34.9 Å². The molecule has 2 N–H and O–H groups in total. The number of hydrogen-bond donors (Lipinski definition) is 2. The molecule has 5 rings (SSSR count). The number of ketones is 1. The fourth-order valence-electron chi connectivity index (χ4n) is 3.25. The van der Waals surface area contributed by atoms with Gasteiger partial charge < -0.3 is 5.32 Å². The van der Waals surface area contributed by atoms with Gasteiger partial charge in [-0.1, -0.05) is 19.1 Å². The Morgan fingerprint density at radius 3 is 2.57 bits per heavy atom. The Labute approximate surface area is 179 Å². The predicted molar refractivity (Wildman–Crippen MR) is 115 cm³/mol. The summed E-state index contributed by atoms with van der Waals surface area (Å²) in [6.45, 7) is 1.89. The molecule has 2 heterocycles. The van der Waals surface area contributed by atoms with Gasteiger partial charge in [0.2, 0.25) is 5.95 Å². The summed E-state index contributed by atoms with van der Waals surface area (Å²) >= 11 is 1.51. The summed E-state index contributed by atoms with van der Waals surface area (Å²) < 4.78 is 0. The Hall–Kier alpha value is -2.74. The quantitative estimate of drug-likeness (QED) is 0.515. The number of H-pyrrole nitrogens is 1. The minimum absolute atomic E-state index is 0.251. The third-order valence-electron chi connectivity index (χ3n) is 5.36. The van der Waals surface area contributed by atoms with Crippen LogP contribution in [0.25, 0.3) is 0 Å². The number of aromatic nitrogens is 5. The first-order chi connectivity index (χ1) is 14.7. The van der Waals surface area contributed by atoms with Crippen molar-refractivity contribution in [3.05, 3.63) is 47.4 Å². The zero-order valence-corrected chi connectivity index (χ0v) is 17.7. The fourth-order valence-corrected chi connectivity index (χ4v) is 4.00.